The smallest absolute Gasteiger partial charge is 0.272 e. The normalized spacial score (nSPS) is 10.9. The van der Waals surface area contributed by atoms with Crippen LogP contribution in [-0.4, -0.2) is 21.7 Å². The van der Waals surface area contributed by atoms with E-state index in [4.69, 9.17) is 11.6 Å². The molecule has 0 spiro atoms. The number of nitro groups is 2. The van der Waals surface area contributed by atoms with Crippen LogP contribution in [0.4, 0.5) is 21.5 Å². The molecule has 2 amide bonds. The molecular weight excluding hydrogens is 471 g/mol. The van der Waals surface area contributed by atoms with Crippen molar-refractivity contribution < 1.29 is 23.8 Å². The maximum atomic E-state index is 13.3. The predicted molar refractivity (Wildman–Crippen MR) is 122 cm³/mol. The maximum absolute atomic E-state index is 13.3. The summed E-state index contributed by atoms with van der Waals surface area (Å²) in [6.45, 7) is 0. The molecule has 0 unspecified atom stereocenters. The number of carbonyl (C=O) groups excluding carboxylic acids is 2. The number of amides is 2. The number of halogens is 2. The molecule has 0 radical (unpaired) electrons. The van der Waals surface area contributed by atoms with Crippen LogP contribution in [0, 0.1) is 26.0 Å². The van der Waals surface area contributed by atoms with Gasteiger partial charge in [0.15, 0.2) is 0 Å². The molecule has 0 bridgehead atoms. The van der Waals surface area contributed by atoms with Gasteiger partial charge in [0.05, 0.1) is 20.4 Å². The Morgan fingerprint density at radius 2 is 1.56 bits per heavy atom. The molecule has 0 heterocycles. The highest BCUT2D eigenvalue weighted by atomic mass is 35.5. The first-order valence-corrected chi connectivity index (χ1v) is 9.80. The number of nitrogens with one attached hydrogen (secondary N) is 2. The summed E-state index contributed by atoms with van der Waals surface area (Å²) >= 11 is 5.92. The lowest BCUT2D eigenvalue weighted by Gasteiger charge is -2.12. The lowest BCUT2D eigenvalue weighted by atomic mass is 10.1. The Morgan fingerprint density at radius 1 is 0.912 bits per heavy atom. The van der Waals surface area contributed by atoms with Gasteiger partial charge in [0.25, 0.3) is 23.2 Å². The van der Waals surface area contributed by atoms with Crippen LogP contribution in [0.5, 0.6) is 0 Å². The summed E-state index contributed by atoms with van der Waals surface area (Å²) in [7, 11) is 0. The molecule has 172 valence electrons. The summed E-state index contributed by atoms with van der Waals surface area (Å²) in [6, 6.07) is 13.4. The van der Waals surface area contributed by atoms with Crippen molar-refractivity contribution in [1.29, 1.82) is 0 Å². The second kappa shape index (κ2) is 10.3. The third-order valence-corrected chi connectivity index (χ3v) is 4.69. The van der Waals surface area contributed by atoms with Gasteiger partial charge in [-0.2, -0.15) is 0 Å². The van der Waals surface area contributed by atoms with Crippen LogP contribution in [0.2, 0.25) is 5.02 Å². The quantitative estimate of drug-likeness (QED) is 0.282. The van der Waals surface area contributed by atoms with Gasteiger partial charge in [-0.3, -0.25) is 29.8 Å². The summed E-state index contributed by atoms with van der Waals surface area (Å²) in [5, 5.41) is 26.6. The molecule has 34 heavy (non-hydrogen) atoms. The van der Waals surface area contributed by atoms with Gasteiger partial charge in [-0.1, -0.05) is 29.8 Å². The van der Waals surface area contributed by atoms with Crippen LogP contribution in [0.1, 0.15) is 15.9 Å². The van der Waals surface area contributed by atoms with Crippen LogP contribution in [0.15, 0.2) is 72.4 Å². The highest BCUT2D eigenvalue weighted by Gasteiger charge is 2.19. The van der Waals surface area contributed by atoms with Gasteiger partial charge < -0.3 is 10.6 Å². The molecule has 3 rings (SSSR count). The number of hydrogen-bond donors (Lipinski definition) is 2. The van der Waals surface area contributed by atoms with E-state index in [1.807, 2.05) is 0 Å². The van der Waals surface area contributed by atoms with E-state index in [0.717, 1.165) is 24.3 Å². The number of nitro benzene ring substituents is 2. The molecule has 12 heteroatoms. The van der Waals surface area contributed by atoms with Crippen molar-refractivity contribution in [2.75, 3.05) is 5.32 Å². The number of benzene rings is 3. The molecule has 3 aromatic rings. The molecule has 0 aliphatic carbocycles. The van der Waals surface area contributed by atoms with Gasteiger partial charge in [-0.05, 0) is 35.9 Å². The zero-order chi connectivity index (χ0) is 24.8. The van der Waals surface area contributed by atoms with Gasteiger partial charge in [0, 0.05) is 30.0 Å². The van der Waals surface area contributed by atoms with Gasteiger partial charge in [-0.15, -0.1) is 0 Å². The fraction of sp³-hybridized carbons (Fsp3) is 0. The molecule has 0 aromatic heterocycles. The molecule has 2 N–H and O–H groups in total. The molecule has 0 saturated heterocycles. The van der Waals surface area contributed by atoms with Gasteiger partial charge in [0.1, 0.15) is 11.5 Å². The van der Waals surface area contributed by atoms with E-state index in [1.54, 1.807) is 0 Å². The van der Waals surface area contributed by atoms with Crippen molar-refractivity contribution in [3.05, 3.63) is 115 Å². The second-order valence-electron chi connectivity index (χ2n) is 6.75. The van der Waals surface area contributed by atoms with E-state index < -0.39 is 27.5 Å². The Balaban J connectivity index is 1.97. The van der Waals surface area contributed by atoms with Crippen molar-refractivity contribution in [3.8, 4) is 0 Å². The Bertz CT molecular complexity index is 1340. The Morgan fingerprint density at radius 3 is 2.21 bits per heavy atom. The van der Waals surface area contributed by atoms with Crippen molar-refractivity contribution in [2.24, 2.45) is 0 Å². The summed E-state index contributed by atoms with van der Waals surface area (Å²) in [5.74, 6) is -2.40. The average Bonchev–Trinajstić information content (AvgIpc) is 2.78. The first-order chi connectivity index (χ1) is 16.1. The third-order valence-electron chi connectivity index (χ3n) is 4.38. The first kappa shape index (κ1) is 24.0. The molecule has 3 aromatic carbocycles. The fourth-order valence-electron chi connectivity index (χ4n) is 2.81. The summed E-state index contributed by atoms with van der Waals surface area (Å²) in [6.07, 6.45) is 1.18. The standard InChI is InChI=1S/C22H14ClFN4O6/c23-19-11-14(24)7-8-18(19)21(29)26-20(10-13-3-1-5-16(9-13)27(31)32)22(30)25-15-4-2-6-17(12-15)28(33)34/h1-12H,(H,25,30)(H,26,29)/b20-10-. The van der Waals surface area contributed by atoms with Crippen molar-refractivity contribution in [3.63, 3.8) is 0 Å². The number of rotatable bonds is 7. The highest BCUT2D eigenvalue weighted by Crippen LogP contribution is 2.21. The van der Waals surface area contributed by atoms with Crippen molar-refractivity contribution >= 4 is 46.6 Å². The summed E-state index contributed by atoms with van der Waals surface area (Å²) < 4.78 is 13.3. The molecule has 10 nitrogen and oxygen atoms in total. The minimum absolute atomic E-state index is 0.0678. The van der Waals surface area contributed by atoms with E-state index in [-0.39, 0.29) is 38.9 Å². The minimum atomic E-state index is -0.876. The number of carbonyl (C=O) groups is 2. The highest BCUT2D eigenvalue weighted by molar-refractivity contribution is 6.34. The molecular formula is C22H14ClFN4O6. The Labute approximate surface area is 196 Å². The van der Waals surface area contributed by atoms with Crippen LogP contribution in [0.3, 0.4) is 0 Å². The molecule has 0 saturated carbocycles. The summed E-state index contributed by atoms with van der Waals surface area (Å²) in [5.41, 5.74) is -0.722. The second-order valence-corrected chi connectivity index (χ2v) is 7.16. The van der Waals surface area contributed by atoms with E-state index in [1.165, 1.54) is 48.5 Å². The molecule has 0 fully saturated rings. The van der Waals surface area contributed by atoms with Gasteiger partial charge >= 0.3 is 0 Å². The van der Waals surface area contributed by atoms with Gasteiger partial charge in [0.2, 0.25) is 0 Å². The van der Waals surface area contributed by atoms with E-state index >= 15 is 0 Å². The number of anilines is 1. The van der Waals surface area contributed by atoms with Crippen LogP contribution >= 0.6 is 11.6 Å². The van der Waals surface area contributed by atoms with Crippen molar-refractivity contribution in [1.82, 2.24) is 5.32 Å². The number of non-ortho nitro benzene ring substituents is 2. The molecule has 0 aliphatic heterocycles. The van der Waals surface area contributed by atoms with Crippen LogP contribution in [-0.2, 0) is 4.79 Å². The van der Waals surface area contributed by atoms with Crippen LogP contribution < -0.4 is 10.6 Å². The molecule has 0 aliphatic rings. The monoisotopic (exact) mass is 484 g/mol. The fourth-order valence-corrected chi connectivity index (χ4v) is 3.07. The maximum Gasteiger partial charge on any atom is 0.272 e. The molecule has 0 atom stereocenters. The first-order valence-electron chi connectivity index (χ1n) is 9.42. The largest absolute Gasteiger partial charge is 0.320 e. The van der Waals surface area contributed by atoms with E-state index in [9.17, 15) is 34.2 Å². The Kier molecular flexibility index (Phi) is 7.29. The minimum Gasteiger partial charge on any atom is -0.320 e. The zero-order valence-corrected chi connectivity index (χ0v) is 17.8. The lowest BCUT2D eigenvalue weighted by molar-refractivity contribution is -0.385. The third kappa shape index (κ3) is 5.99. The predicted octanol–water partition coefficient (Wildman–Crippen LogP) is 4.71. The number of hydrogen-bond acceptors (Lipinski definition) is 6. The van der Waals surface area contributed by atoms with Crippen LogP contribution in [0.25, 0.3) is 6.08 Å². The van der Waals surface area contributed by atoms with E-state index in [0.29, 0.717) is 0 Å². The summed E-state index contributed by atoms with van der Waals surface area (Å²) in [4.78, 5) is 46.4. The SMILES string of the molecule is O=C(Nc1cccc([N+](=O)[O-])c1)/C(=C/c1cccc([N+](=O)[O-])c1)NC(=O)c1ccc(F)cc1Cl. The average molecular weight is 485 g/mol. The van der Waals surface area contributed by atoms with Gasteiger partial charge in [-0.25, -0.2) is 4.39 Å². The zero-order valence-electron chi connectivity index (χ0n) is 17.0. The Hall–Kier alpha value is -4.64. The van der Waals surface area contributed by atoms with E-state index in [2.05, 4.69) is 10.6 Å². The van der Waals surface area contributed by atoms with Crippen molar-refractivity contribution in [2.45, 2.75) is 0 Å². The lowest BCUT2D eigenvalue weighted by Crippen LogP contribution is -2.31. The topological polar surface area (TPSA) is 144 Å². The number of nitrogens with zero attached hydrogens (tertiary/aromatic N) is 2.